The number of amides is 1. The van der Waals surface area contributed by atoms with Gasteiger partial charge in [0.2, 0.25) is 0 Å². The number of non-ortho nitro benzene ring substituents is 1. The Bertz CT molecular complexity index is 542. The van der Waals surface area contributed by atoms with Crippen molar-refractivity contribution in [1.82, 2.24) is 10.6 Å². The van der Waals surface area contributed by atoms with Gasteiger partial charge in [-0.15, -0.1) is 0 Å². The Labute approximate surface area is 129 Å². The second-order valence-corrected chi connectivity index (χ2v) is 5.40. The minimum atomic E-state index is -0.524. The quantitative estimate of drug-likeness (QED) is 0.616. The summed E-state index contributed by atoms with van der Waals surface area (Å²) in [6.07, 6.45) is 3.23. The lowest BCUT2D eigenvalue weighted by Gasteiger charge is -2.22. The normalized spacial score (nSPS) is 17.8. The lowest BCUT2D eigenvalue weighted by atomic mass is 9.96. The molecule has 1 aromatic carbocycles. The monoisotopic (exact) mass is 307 g/mol. The molecular formula is C15H21N3O4. The number of nitro groups is 1. The maximum absolute atomic E-state index is 12.2. The van der Waals surface area contributed by atoms with Crippen LogP contribution >= 0.6 is 0 Å². The van der Waals surface area contributed by atoms with E-state index in [1.54, 1.807) is 0 Å². The minimum Gasteiger partial charge on any atom is -0.496 e. The molecule has 0 bridgehead atoms. The fraction of sp³-hybridized carbons (Fsp3) is 0.533. The van der Waals surface area contributed by atoms with Crippen LogP contribution in [0.3, 0.4) is 0 Å². The van der Waals surface area contributed by atoms with Crippen LogP contribution < -0.4 is 15.4 Å². The molecule has 0 aliphatic carbocycles. The van der Waals surface area contributed by atoms with Crippen molar-refractivity contribution >= 4 is 11.6 Å². The smallest absolute Gasteiger partial charge is 0.270 e. The van der Waals surface area contributed by atoms with Crippen LogP contribution in [0.2, 0.25) is 0 Å². The Morgan fingerprint density at radius 3 is 3.00 bits per heavy atom. The molecule has 0 saturated carbocycles. The first-order chi connectivity index (χ1) is 10.6. The van der Waals surface area contributed by atoms with E-state index < -0.39 is 4.92 Å². The van der Waals surface area contributed by atoms with Gasteiger partial charge in [0, 0.05) is 18.7 Å². The average molecular weight is 307 g/mol. The van der Waals surface area contributed by atoms with E-state index in [0.717, 1.165) is 25.9 Å². The summed E-state index contributed by atoms with van der Waals surface area (Å²) in [4.78, 5) is 22.5. The van der Waals surface area contributed by atoms with Gasteiger partial charge in [-0.05, 0) is 44.3 Å². The minimum absolute atomic E-state index is 0.123. The van der Waals surface area contributed by atoms with Crippen molar-refractivity contribution in [3.8, 4) is 5.75 Å². The number of rotatable bonds is 6. The van der Waals surface area contributed by atoms with Crippen molar-refractivity contribution in [3.05, 3.63) is 33.9 Å². The summed E-state index contributed by atoms with van der Waals surface area (Å²) in [7, 11) is 1.44. The van der Waals surface area contributed by atoms with Crippen LogP contribution in [0.4, 0.5) is 5.69 Å². The largest absolute Gasteiger partial charge is 0.496 e. The van der Waals surface area contributed by atoms with Crippen LogP contribution in [0.1, 0.15) is 29.6 Å². The van der Waals surface area contributed by atoms with E-state index >= 15 is 0 Å². The van der Waals surface area contributed by atoms with Gasteiger partial charge in [-0.1, -0.05) is 0 Å². The highest BCUT2D eigenvalue weighted by Gasteiger charge is 2.18. The van der Waals surface area contributed by atoms with Gasteiger partial charge in [0.15, 0.2) is 0 Å². The molecule has 2 N–H and O–H groups in total. The molecule has 7 heteroatoms. The number of nitrogens with zero attached hydrogens (tertiary/aromatic N) is 1. The predicted molar refractivity (Wildman–Crippen MR) is 82.2 cm³/mol. The summed E-state index contributed by atoms with van der Waals surface area (Å²) in [5.41, 5.74) is 0.0703. The van der Waals surface area contributed by atoms with Crippen LogP contribution in [0.15, 0.2) is 18.2 Å². The maximum Gasteiger partial charge on any atom is 0.270 e. The van der Waals surface area contributed by atoms with E-state index in [-0.39, 0.29) is 17.2 Å². The van der Waals surface area contributed by atoms with E-state index in [2.05, 4.69) is 10.6 Å². The van der Waals surface area contributed by atoms with Gasteiger partial charge in [0.25, 0.3) is 11.6 Å². The van der Waals surface area contributed by atoms with Gasteiger partial charge in [-0.2, -0.15) is 0 Å². The van der Waals surface area contributed by atoms with Crippen molar-refractivity contribution in [2.45, 2.75) is 19.3 Å². The molecule has 7 nitrogen and oxygen atoms in total. The summed E-state index contributed by atoms with van der Waals surface area (Å²) in [6, 6.07) is 4.01. The van der Waals surface area contributed by atoms with Crippen molar-refractivity contribution in [2.75, 3.05) is 26.7 Å². The van der Waals surface area contributed by atoms with E-state index in [1.807, 2.05) is 0 Å². The van der Waals surface area contributed by atoms with Gasteiger partial charge in [0.1, 0.15) is 5.75 Å². The lowest BCUT2D eigenvalue weighted by molar-refractivity contribution is -0.384. The third kappa shape index (κ3) is 4.17. The highest BCUT2D eigenvalue weighted by atomic mass is 16.6. The number of carbonyl (C=O) groups is 1. The molecule has 1 aromatic rings. The molecule has 0 radical (unpaired) electrons. The molecule has 1 aliphatic heterocycles. The molecule has 1 unspecified atom stereocenters. The van der Waals surface area contributed by atoms with E-state index in [1.165, 1.54) is 31.7 Å². The number of nitro benzene ring substituents is 1. The molecule has 1 heterocycles. The van der Waals surface area contributed by atoms with Crippen molar-refractivity contribution in [1.29, 1.82) is 0 Å². The molecule has 1 amide bonds. The van der Waals surface area contributed by atoms with E-state index in [0.29, 0.717) is 18.2 Å². The van der Waals surface area contributed by atoms with E-state index in [9.17, 15) is 14.9 Å². The Kier molecular flexibility index (Phi) is 5.71. The number of methoxy groups -OCH3 is 1. The predicted octanol–water partition coefficient (Wildman–Crippen LogP) is 1.72. The Hall–Kier alpha value is -2.15. The van der Waals surface area contributed by atoms with Gasteiger partial charge in [-0.3, -0.25) is 14.9 Å². The first-order valence-corrected chi connectivity index (χ1v) is 7.43. The zero-order chi connectivity index (χ0) is 15.9. The average Bonchev–Trinajstić information content (AvgIpc) is 2.55. The van der Waals surface area contributed by atoms with Crippen LogP contribution in [0, 0.1) is 16.0 Å². The van der Waals surface area contributed by atoms with Crippen molar-refractivity contribution in [2.24, 2.45) is 5.92 Å². The van der Waals surface area contributed by atoms with Gasteiger partial charge in [-0.25, -0.2) is 0 Å². The summed E-state index contributed by atoms with van der Waals surface area (Å²) >= 11 is 0. The second-order valence-electron chi connectivity index (χ2n) is 5.40. The summed E-state index contributed by atoms with van der Waals surface area (Å²) in [6.45, 7) is 2.60. The first kappa shape index (κ1) is 16.2. The summed E-state index contributed by atoms with van der Waals surface area (Å²) in [5, 5.41) is 17.0. The molecule has 22 heavy (non-hydrogen) atoms. The Morgan fingerprint density at radius 2 is 2.36 bits per heavy atom. The molecular weight excluding hydrogens is 286 g/mol. The molecule has 1 fully saturated rings. The summed E-state index contributed by atoms with van der Waals surface area (Å²) in [5.74, 6) is 0.563. The topological polar surface area (TPSA) is 93.5 Å². The molecule has 1 atom stereocenters. The highest BCUT2D eigenvalue weighted by Crippen LogP contribution is 2.24. The highest BCUT2D eigenvalue weighted by molar-refractivity contribution is 5.97. The standard InChI is InChI=1S/C15H21N3O4/c1-22-14-5-4-12(18(20)21)9-13(14)15(19)17-8-6-11-3-2-7-16-10-11/h4-5,9,11,16H,2-3,6-8,10H2,1H3,(H,17,19). The third-order valence-corrected chi connectivity index (χ3v) is 3.88. The van der Waals surface area contributed by atoms with Gasteiger partial charge < -0.3 is 15.4 Å². The summed E-state index contributed by atoms with van der Waals surface area (Å²) < 4.78 is 5.10. The molecule has 1 saturated heterocycles. The van der Waals surface area contributed by atoms with Crippen LogP contribution in [0.25, 0.3) is 0 Å². The van der Waals surface area contributed by atoms with Crippen molar-refractivity contribution < 1.29 is 14.5 Å². The molecule has 0 aromatic heterocycles. The van der Waals surface area contributed by atoms with Gasteiger partial charge in [0.05, 0.1) is 17.6 Å². The SMILES string of the molecule is COc1ccc([N+](=O)[O-])cc1C(=O)NCCC1CCCNC1. The fourth-order valence-corrected chi connectivity index (χ4v) is 2.64. The second kappa shape index (κ2) is 7.74. The zero-order valence-corrected chi connectivity index (χ0v) is 12.6. The number of ether oxygens (including phenoxy) is 1. The van der Waals surface area contributed by atoms with Crippen molar-refractivity contribution in [3.63, 3.8) is 0 Å². The van der Waals surface area contributed by atoms with Crippen LogP contribution in [0.5, 0.6) is 5.75 Å². The number of carbonyl (C=O) groups excluding carboxylic acids is 1. The number of hydrogen-bond donors (Lipinski definition) is 2. The number of hydrogen-bond acceptors (Lipinski definition) is 5. The molecule has 1 aliphatic rings. The van der Waals surface area contributed by atoms with Gasteiger partial charge >= 0.3 is 0 Å². The lowest BCUT2D eigenvalue weighted by Crippen LogP contribution is -2.33. The number of benzene rings is 1. The molecule has 0 spiro atoms. The Morgan fingerprint density at radius 1 is 1.55 bits per heavy atom. The molecule has 2 rings (SSSR count). The number of nitrogens with one attached hydrogen (secondary N) is 2. The van der Waals surface area contributed by atoms with E-state index in [4.69, 9.17) is 4.74 Å². The first-order valence-electron chi connectivity index (χ1n) is 7.43. The third-order valence-electron chi connectivity index (χ3n) is 3.88. The Balaban J connectivity index is 1.95. The fourth-order valence-electron chi connectivity index (χ4n) is 2.64. The number of piperidine rings is 1. The maximum atomic E-state index is 12.2. The zero-order valence-electron chi connectivity index (χ0n) is 12.6. The van der Waals surface area contributed by atoms with Crippen LogP contribution in [-0.4, -0.2) is 37.6 Å². The molecule has 120 valence electrons. The van der Waals surface area contributed by atoms with Crippen LogP contribution in [-0.2, 0) is 0 Å².